The zero-order chi connectivity index (χ0) is 13.2. The van der Waals surface area contributed by atoms with Gasteiger partial charge >= 0.3 is 6.18 Å². The zero-order valence-electron chi connectivity index (χ0n) is 8.89. The SMILES string of the molecule is COc1cc(C(=O)C(F)(F)F)cc(Br)c1OC. The van der Waals surface area contributed by atoms with Gasteiger partial charge in [-0.25, -0.2) is 0 Å². The first-order valence-corrected chi connectivity index (χ1v) is 5.13. The lowest BCUT2D eigenvalue weighted by molar-refractivity contribution is -0.0885. The molecule has 0 amide bonds. The number of rotatable bonds is 3. The van der Waals surface area contributed by atoms with Gasteiger partial charge in [0.25, 0.3) is 5.78 Å². The summed E-state index contributed by atoms with van der Waals surface area (Å²) in [7, 11) is 2.61. The van der Waals surface area contributed by atoms with E-state index in [-0.39, 0.29) is 16.0 Å². The Bertz CT molecular complexity index is 443. The van der Waals surface area contributed by atoms with E-state index in [9.17, 15) is 18.0 Å². The molecule has 0 atom stereocenters. The van der Waals surface area contributed by atoms with E-state index >= 15 is 0 Å². The fourth-order valence-corrected chi connectivity index (χ4v) is 1.82. The van der Waals surface area contributed by atoms with E-state index in [0.29, 0.717) is 0 Å². The highest BCUT2D eigenvalue weighted by molar-refractivity contribution is 9.10. The third-order valence-corrected chi connectivity index (χ3v) is 2.54. The van der Waals surface area contributed by atoms with Gasteiger partial charge in [0.05, 0.1) is 18.7 Å². The van der Waals surface area contributed by atoms with Crippen LogP contribution >= 0.6 is 15.9 Å². The summed E-state index contributed by atoms with van der Waals surface area (Å²) in [5, 5.41) is 0. The van der Waals surface area contributed by atoms with Crippen LogP contribution in [-0.4, -0.2) is 26.2 Å². The molecule has 3 nitrogen and oxygen atoms in total. The van der Waals surface area contributed by atoms with Crippen molar-refractivity contribution in [1.29, 1.82) is 0 Å². The Morgan fingerprint density at radius 1 is 1.24 bits per heavy atom. The van der Waals surface area contributed by atoms with E-state index < -0.39 is 17.5 Å². The van der Waals surface area contributed by atoms with Crippen molar-refractivity contribution in [3.8, 4) is 11.5 Å². The highest BCUT2D eigenvalue weighted by Gasteiger charge is 2.39. The fraction of sp³-hybridized carbons (Fsp3) is 0.300. The molecule has 0 spiro atoms. The highest BCUT2D eigenvalue weighted by Crippen LogP contribution is 2.37. The van der Waals surface area contributed by atoms with Gasteiger partial charge in [-0.1, -0.05) is 0 Å². The Labute approximate surface area is 104 Å². The Kier molecular flexibility index (Phi) is 4.03. The summed E-state index contributed by atoms with van der Waals surface area (Å²) >= 11 is 3.01. The second kappa shape index (κ2) is 4.95. The molecule has 94 valence electrons. The molecule has 17 heavy (non-hydrogen) atoms. The van der Waals surface area contributed by atoms with Crippen LogP contribution in [0.3, 0.4) is 0 Å². The minimum atomic E-state index is -4.92. The smallest absolute Gasteiger partial charge is 0.454 e. The van der Waals surface area contributed by atoms with Crippen LogP contribution < -0.4 is 9.47 Å². The molecule has 0 saturated carbocycles. The Morgan fingerprint density at radius 3 is 2.24 bits per heavy atom. The van der Waals surface area contributed by atoms with Crippen molar-refractivity contribution in [1.82, 2.24) is 0 Å². The van der Waals surface area contributed by atoms with Crippen molar-refractivity contribution in [2.24, 2.45) is 0 Å². The molecule has 1 aromatic carbocycles. The molecule has 0 aliphatic rings. The van der Waals surface area contributed by atoms with Gasteiger partial charge in [0.15, 0.2) is 11.5 Å². The number of halogens is 4. The van der Waals surface area contributed by atoms with E-state index in [2.05, 4.69) is 15.9 Å². The topological polar surface area (TPSA) is 35.5 Å². The molecule has 0 fully saturated rings. The number of benzene rings is 1. The normalized spacial score (nSPS) is 11.2. The summed E-state index contributed by atoms with van der Waals surface area (Å²) in [6, 6.07) is 2.02. The minimum absolute atomic E-state index is 0.0504. The number of hydrogen-bond donors (Lipinski definition) is 0. The van der Waals surface area contributed by atoms with E-state index in [4.69, 9.17) is 9.47 Å². The standard InChI is InChI=1S/C10H8BrF3O3/c1-16-7-4-5(9(15)10(12,13)14)3-6(11)8(7)17-2/h3-4H,1-2H3. The molecule has 0 unspecified atom stereocenters. The summed E-state index contributed by atoms with van der Waals surface area (Å²) in [6.07, 6.45) is -4.92. The monoisotopic (exact) mass is 312 g/mol. The third-order valence-electron chi connectivity index (χ3n) is 1.95. The number of alkyl halides is 3. The molecule has 0 bridgehead atoms. The van der Waals surface area contributed by atoms with E-state index in [1.807, 2.05) is 0 Å². The van der Waals surface area contributed by atoms with Crippen LogP contribution in [0.15, 0.2) is 16.6 Å². The van der Waals surface area contributed by atoms with Gasteiger partial charge in [-0.2, -0.15) is 13.2 Å². The van der Waals surface area contributed by atoms with Crippen molar-refractivity contribution in [3.05, 3.63) is 22.2 Å². The minimum Gasteiger partial charge on any atom is -0.493 e. The second-order valence-corrected chi connectivity index (χ2v) is 3.87. The first-order chi connectivity index (χ1) is 7.81. The molecule has 1 rings (SSSR count). The van der Waals surface area contributed by atoms with Crippen LogP contribution in [0, 0.1) is 0 Å². The quantitative estimate of drug-likeness (QED) is 0.804. The number of carbonyl (C=O) groups is 1. The average molecular weight is 313 g/mol. The van der Waals surface area contributed by atoms with Crippen LogP contribution in [0.2, 0.25) is 0 Å². The van der Waals surface area contributed by atoms with Crippen molar-refractivity contribution < 1.29 is 27.4 Å². The van der Waals surface area contributed by atoms with Gasteiger partial charge in [-0.3, -0.25) is 4.79 Å². The molecule has 0 saturated heterocycles. The molecule has 0 aliphatic carbocycles. The van der Waals surface area contributed by atoms with Crippen LogP contribution in [0.1, 0.15) is 10.4 Å². The van der Waals surface area contributed by atoms with Crippen molar-refractivity contribution in [2.45, 2.75) is 6.18 Å². The van der Waals surface area contributed by atoms with Gasteiger partial charge in [0.1, 0.15) is 0 Å². The number of methoxy groups -OCH3 is 2. The first kappa shape index (κ1) is 13.8. The number of Topliss-reactive ketones (excluding diaryl/α,β-unsaturated/α-hetero) is 1. The number of ketones is 1. The van der Waals surface area contributed by atoms with E-state index in [0.717, 1.165) is 12.1 Å². The van der Waals surface area contributed by atoms with Gasteiger partial charge in [0.2, 0.25) is 0 Å². The Hall–Kier alpha value is -1.24. The maximum absolute atomic E-state index is 12.2. The molecule has 0 N–H and O–H groups in total. The molecule has 0 radical (unpaired) electrons. The predicted octanol–water partition coefficient (Wildman–Crippen LogP) is 3.21. The van der Waals surface area contributed by atoms with Crippen LogP contribution in [0.4, 0.5) is 13.2 Å². The van der Waals surface area contributed by atoms with Crippen LogP contribution in [0.25, 0.3) is 0 Å². The fourth-order valence-electron chi connectivity index (χ4n) is 1.21. The zero-order valence-corrected chi connectivity index (χ0v) is 10.5. The molecule has 7 heteroatoms. The number of carbonyl (C=O) groups excluding carboxylic acids is 1. The molecule has 1 aromatic rings. The predicted molar refractivity (Wildman–Crippen MR) is 57.6 cm³/mol. The third kappa shape index (κ3) is 2.91. The molecule has 0 aromatic heterocycles. The number of hydrogen-bond acceptors (Lipinski definition) is 3. The summed E-state index contributed by atoms with van der Waals surface area (Å²) in [5.41, 5.74) is -0.512. The van der Waals surface area contributed by atoms with Gasteiger partial charge in [-0.15, -0.1) is 0 Å². The number of ether oxygens (including phenoxy) is 2. The van der Waals surface area contributed by atoms with Crippen LogP contribution in [-0.2, 0) is 0 Å². The molecule has 0 heterocycles. The summed E-state index contributed by atoms with van der Waals surface area (Å²) in [4.78, 5) is 11.0. The lowest BCUT2D eigenvalue weighted by Crippen LogP contribution is -2.22. The molecule has 0 aliphatic heterocycles. The first-order valence-electron chi connectivity index (χ1n) is 4.34. The summed E-state index contributed by atoms with van der Waals surface area (Å²) < 4.78 is 46.7. The van der Waals surface area contributed by atoms with Gasteiger partial charge < -0.3 is 9.47 Å². The van der Waals surface area contributed by atoms with Gasteiger partial charge in [0, 0.05) is 5.56 Å². The summed E-state index contributed by atoms with van der Waals surface area (Å²) in [5.74, 6) is -1.65. The lowest BCUT2D eigenvalue weighted by atomic mass is 10.1. The highest BCUT2D eigenvalue weighted by atomic mass is 79.9. The van der Waals surface area contributed by atoms with Crippen molar-refractivity contribution >= 4 is 21.7 Å². The van der Waals surface area contributed by atoms with Crippen LogP contribution in [0.5, 0.6) is 11.5 Å². The van der Waals surface area contributed by atoms with E-state index in [1.54, 1.807) is 0 Å². The van der Waals surface area contributed by atoms with E-state index in [1.165, 1.54) is 14.2 Å². The van der Waals surface area contributed by atoms with Crippen molar-refractivity contribution in [2.75, 3.05) is 14.2 Å². The second-order valence-electron chi connectivity index (χ2n) is 3.02. The molecular weight excluding hydrogens is 305 g/mol. The maximum atomic E-state index is 12.2. The molecular formula is C10H8BrF3O3. The lowest BCUT2D eigenvalue weighted by Gasteiger charge is -2.12. The Balaban J connectivity index is 3.30. The van der Waals surface area contributed by atoms with Crippen molar-refractivity contribution in [3.63, 3.8) is 0 Å². The summed E-state index contributed by atoms with van der Waals surface area (Å²) in [6.45, 7) is 0. The average Bonchev–Trinajstić information content (AvgIpc) is 2.25. The largest absolute Gasteiger partial charge is 0.493 e. The maximum Gasteiger partial charge on any atom is 0.454 e. The Morgan fingerprint density at radius 2 is 1.82 bits per heavy atom. The van der Waals surface area contributed by atoms with Gasteiger partial charge in [-0.05, 0) is 28.1 Å².